The van der Waals surface area contributed by atoms with E-state index in [9.17, 15) is 14.4 Å². The van der Waals surface area contributed by atoms with Crippen molar-refractivity contribution in [2.75, 3.05) is 7.11 Å². The minimum atomic E-state index is -0.919. The molecule has 98 valence electrons. The molecule has 18 heavy (non-hydrogen) atoms. The molecule has 0 heterocycles. The molecule has 2 radical (unpaired) electrons. The van der Waals surface area contributed by atoms with Crippen LogP contribution >= 0.6 is 0 Å². The van der Waals surface area contributed by atoms with Gasteiger partial charge in [-0.15, -0.1) is 0 Å². The van der Waals surface area contributed by atoms with E-state index in [2.05, 4.69) is 15.3 Å². The van der Waals surface area contributed by atoms with Crippen molar-refractivity contribution in [3.8, 4) is 0 Å². The highest BCUT2D eigenvalue weighted by Crippen LogP contribution is 2.03. The van der Waals surface area contributed by atoms with Crippen LogP contribution in [0.4, 0.5) is 4.79 Å². The summed E-state index contributed by atoms with van der Waals surface area (Å²) in [6.07, 6.45) is 0.695. The zero-order chi connectivity index (χ0) is 14.1. The van der Waals surface area contributed by atoms with Gasteiger partial charge in [0.15, 0.2) is 5.81 Å². The zero-order valence-corrected chi connectivity index (χ0v) is 10.4. The molecule has 0 aromatic heterocycles. The lowest BCUT2D eigenvalue weighted by Gasteiger charge is -2.15. The van der Waals surface area contributed by atoms with Crippen molar-refractivity contribution in [3.05, 3.63) is 0 Å². The fourth-order valence-electron chi connectivity index (χ4n) is 1.33. The van der Waals surface area contributed by atoms with Gasteiger partial charge in [0.05, 0.1) is 7.11 Å². The van der Waals surface area contributed by atoms with Crippen molar-refractivity contribution < 1.29 is 24.1 Å². The van der Waals surface area contributed by atoms with Crippen molar-refractivity contribution in [1.29, 1.82) is 0 Å². The van der Waals surface area contributed by atoms with Crippen molar-refractivity contribution in [2.45, 2.75) is 32.1 Å². The zero-order valence-electron chi connectivity index (χ0n) is 10.4. The molecule has 0 bridgehead atoms. The van der Waals surface area contributed by atoms with Gasteiger partial charge >= 0.3 is 13.0 Å². The molecule has 1 atom stereocenters. The van der Waals surface area contributed by atoms with E-state index in [1.807, 2.05) is 0 Å². The number of carbonyl (C=O) groups is 3. The van der Waals surface area contributed by atoms with Crippen LogP contribution in [0.25, 0.3) is 0 Å². The molecule has 0 aromatic rings. The minimum absolute atomic E-state index is 0.124. The second kappa shape index (κ2) is 8.57. The molecule has 7 nitrogen and oxygen atoms in total. The van der Waals surface area contributed by atoms with E-state index in [0.717, 1.165) is 0 Å². The van der Waals surface area contributed by atoms with Crippen molar-refractivity contribution in [1.82, 2.24) is 10.5 Å². The third-order valence-electron chi connectivity index (χ3n) is 2.07. The van der Waals surface area contributed by atoms with Gasteiger partial charge in [0.1, 0.15) is 6.04 Å². The summed E-state index contributed by atoms with van der Waals surface area (Å²) in [4.78, 5) is 33.1. The van der Waals surface area contributed by atoms with Crippen LogP contribution in [0.2, 0.25) is 6.82 Å². The topological polar surface area (TPSA) is 105 Å². The Morgan fingerprint density at radius 3 is 2.50 bits per heavy atom. The second-order valence-corrected chi connectivity index (χ2v) is 3.72. The predicted octanol–water partition coefficient (Wildman–Crippen LogP) is -1.20. The van der Waals surface area contributed by atoms with Crippen LogP contribution in [-0.4, -0.2) is 50.8 Å². The summed E-state index contributed by atoms with van der Waals surface area (Å²) in [7, 11) is 5.19. The average molecular weight is 254 g/mol. The number of esters is 1. The Balaban J connectivity index is 4.07. The number of hydrogen-bond donors (Lipinski definition) is 3. The maximum Gasteiger partial charge on any atom is 0.409 e. The van der Waals surface area contributed by atoms with Crippen molar-refractivity contribution in [3.63, 3.8) is 0 Å². The fourth-order valence-corrected chi connectivity index (χ4v) is 1.33. The SMILES string of the molecule is [B]C(=O)NC(CCCC(=O)NB(C)O)C(=O)OC. The summed E-state index contributed by atoms with van der Waals surface area (Å²) in [6, 6.07) is -0.869. The summed E-state index contributed by atoms with van der Waals surface area (Å²) < 4.78 is 4.49. The lowest BCUT2D eigenvalue weighted by atomic mass is 9.88. The first-order chi connectivity index (χ1) is 8.36. The van der Waals surface area contributed by atoms with Gasteiger partial charge in [0.2, 0.25) is 13.8 Å². The largest absolute Gasteiger partial charge is 0.467 e. The molecule has 0 spiro atoms. The lowest BCUT2D eigenvalue weighted by Crippen LogP contribution is -2.41. The Kier molecular flexibility index (Phi) is 7.86. The van der Waals surface area contributed by atoms with Gasteiger partial charge in [-0.3, -0.25) is 9.59 Å². The number of hydrogen-bond acceptors (Lipinski definition) is 5. The molecule has 1 unspecified atom stereocenters. The molecule has 2 amide bonds. The number of carbonyl (C=O) groups excluding carboxylic acids is 3. The van der Waals surface area contributed by atoms with E-state index in [0.29, 0.717) is 6.42 Å². The lowest BCUT2D eigenvalue weighted by molar-refractivity contribution is -0.143. The normalized spacial score (nSPS) is 11.3. The van der Waals surface area contributed by atoms with Gasteiger partial charge in [0, 0.05) is 6.42 Å². The van der Waals surface area contributed by atoms with E-state index in [1.165, 1.54) is 13.9 Å². The maximum atomic E-state index is 11.3. The summed E-state index contributed by atoms with van der Waals surface area (Å²) in [5, 5.41) is 13.4. The first-order valence-electron chi connectivity index (χ1n) is 5.48. The summed E-state index contributed by atoms with van der Waals surface area (Å²) >= 11 is 0. The number of rotatable bonds is 7. The molecular formula is C9H16B2N2O5. The molecule has 0 fully saturated rings. The molecule has 0 saturated heterocycles. The summed E-state index contributed by atoms with van der Waals surface area (Å²) in [6.45, 7) is 1.42. The van der Waals surface area contributed by atoms with Crippen LogP contribution < -0.4 is 10.5 Å². The van der Waals surface area contributed by atoms with E-state index in [4.69, 9.17) is 12.9 Å². The number of nitrogens with one attached hydrogen (secondary N) is 2. The van der Waals surface area contributed by atoms with Gasteiger partial charge in [-0.2, -0.15) is 0 Å². The van der Waals surface area contributed by atoms with Gasteiger partial charge in [0.25, 0.3) is 0 Å². The van der Waals surface area contributed by atoms with E-state index < -0.39 is 24.9 Å². The van der Waals surface area contributed by atoms with Crippen molar-refractivity contribution >= 4 is 32.6 Å². The first kappa shape index (κ1) is 16.5. The van der Waals surface area contributed by atoms with Crippen LogP contribution in [0.3, 0.4) is 0 Å². The van der Waals surface area contributed by atoms with E-state index in [-0.39, 0.29) is 18.7 Å². The number of amides is 2. The van der Waals surface area contributed by atoms with Crippen LogP contribution in [0, 0.1) is 0 Å². The van der Waals surface area contributed by atoms with E-state index >= 15 is 0 Å². The Morgan fingerprint density at radius 2 is 2.06 bits per heavy atom. The van der Waals surface area contributed by atoms with Crippen LogP contribution in [0.5, 0.6) is 0 Å². The molecule has 0 aromatic carbocycles. The van der Waals surface area contributed by atoms with Crippen LogP contribution in [-0.2, 0) is 14.3 Å². The van der Waals surface area contributed by atoms with Gasteiger partial charge < -0.3 is 20.3 Å². The standard InChI is InChI=1S/C9H16B2N2O5/c1-11(17)13-7(14)5-3-4-6(8(15)18-2)12-9(10)16/h6,17H,3-5H2,1-2H3,(H,12,16)(H,13,14). The molecule has 0 saturated carbocycles. The quantitative estimate of drug-likeness (QED) is 0.391. The highest BCUT2D eigenvalue weighted by molar-refractivity contribution is 6.57. The predicted molar refractivity (Wildman–Crippen MR) is 65.9 cm³/mol. The third kappa shape index (κ3) is 7.72. The smallest absolute Gasteiger partial charge is 0.409 e. The number of methoxy groups -OCH3 is 1. The molecule has 0 aliphatic carbocycles. The molecule has 3 N–H and O–H groups in total. The molecule has 9 heteroatoms. The molecule has 0 rings (SSSR count). The first-order valence-corrected chi connectivity index (χ1v) is 5.48. The highest BCUT2D eigenvalue weighted by Gasteiger charge is 2.20. The second-order valence-electron chi connectivity index (χ2n) is 3.72. The summed E-state index contributed by atoms with van der Waals surface area (Å²) in [5.41, 5.74) is 0. The van der Waals surface area contributed by atoms with Crippen LogP contribution in [0.15, 0.2) is 0 Å². The van der Waals surface area contributed by atoms with Gasteiger partial charge in [-0.25, -0.2) is 4.79 Å². The van der Waals surface area contributed by atoms with Gasteiger partial charge in [-0.05, 0) is 19.7 Å². The molecule has 0 aliphatic heterocycles. The van der Waals surface area contributed by atoms with Gasteiger partial charge in [-0.1, -0.05) is 0 Å². The Hall–Kier alpha value is -1.50. The van der Waals surface area contributed by atoms with E-state index in [1.54, 1.807) is 0 Å². The molecular weight excluding hydrogens is 238 g/mol. The Morgan fingerprint density at radius 1 is 1.44 bits per heavy atom. The number of ether oxygens (including phenoxy) is 1. The minimum Gasteiger partial charge on any atom is -0.467 e. The monoisotopic (exact) mass is 254 g/mol. The highest BCUT2D eigenvalue weighted by atomic mass is 16.5. The average Bonchev–Trinajstić information content (AvgIpc) is 2.25. The summed E-state index contributed by atoms with van der Waals surface area (Å²) in [5.74, 6) is -1.80. The third-order valence-corrected chi connectivity index (χ3v) is 2.07. The van der Waals surface area contributed by atoms with Crippen LogP contribution in [0.1, 0.15) is 19.3 Å². The Labute approximate surface area is 107 Å². The maximum absolute atomic E-state index is 11.3. The molecule has 0 aliphatic rings. The Bertz CT molecular complexity index is 311. The van der Waals surface area contributed by atoms with Crippen molar-refractivity contribution in [2.24, 2.45) is 0 Å². The fraction of sp³-hybridized carbons (Fsp3) is 0.667.